The minimum atomic E-state index is -0.745. The number of amides is 3. The fourth-order valence-corrected chi connectivity index (χ4v) is 2.81. The zero-order chi connectivity index (χ0) is 21.0. The van der Waals surface area contributed by atoms with Crippen molar-refractivity contribution in [3.05, 3.63) is 0 Å². The lowest BCUT2D eigenvalue weighted by Crippen LogP contribution is -2.55. The first-order chi connectivity index (χ1) is 12.6. The molecule has 2 unspecified atom stereocenters. The van der Waals surface area contributed by atoms with E-state index in [9.17, 15) is 19.2 Å². The van der Waals surface area contributed by atoms with Gasteiger partial charge in [-0.25, -0.2) is 0 Å². The van der Waals surface area contributed by atoms with Gasteiger partial charge >= 0.3 is 0 Å². The van der Waals surface area contributed by atoms with Gasteiger partial charge in [-0.15, -0.1) is 0 Å². The predicted molar refractivity (Wildman–Crippen MR) is 112 cm³/mol. The maximum Gasteiger partial charge on any atom is 0.243 e. The first-order valence-corrected chi connectivity index (χ1v) is 9.93. The van der Waals surface area contributed by atoms with Crippen molar-refractivity contribution in [3.8, 4) is 0 Å². The molecule has 0 fully saturated rings. The highest BCUT2D eigenvalue weighted by molar-refractivity contribution is 5.92. The van der Waals surface area contributed by atoms with Gasteiger partial charge in [-0.1, -0.05) is 47.5 Å². The SMILES string of the molecule is CCCCC(C=O)NC(=O)[C@H](CC(C)C)NC(=O)C(CC(C)C)NC(C)=O.[HH].[HH].[HH]. The van der Waals surface area contributed by atoms with Crippen LogP contribution in [0.1, 0.15) is 77.9 Å². The Morgan fingerprint density at radius 3 is 1.78 bits per heavy atom. The predicted octanol–water partition coefficient (Wildman–Crippen LogP) is 2.68. The van der Waals surface area contributed by atoms with Crippen LogP contribution in [0.2, 0.25) is 0 Å². The number of hydrogen-bond acceptors (Lipinski definition) is 4. The summed E-state index contributed by atoms with van der Waals surface area (Å²) in [6, 6.07) is -1.98. The van der Waals surface area contributed by atoms with Gasteiger partial charge in [0.25, 0.3) is 0 Å². The Balaban J connectivity index is -0.00000113. The minimum Gasteiger partial charge on any atom is -0.345 e. The lowest BCUT2D eigenvalue weighted by atomic mass is 9.99. The van der Waals surface area contributed by atoms with Gasteiger partial charge in [-0.2, -0.15) is 0 Å². The summed E-state index contributed by atoms with van der Waals surface area (Å²) >= 11 is 0. The smallest absolute Gasteiger partial charge is 0.243 e. The van der Waals surface area contributed by atoms with E-state index in [2.05, 4.69) is 16.0 Å². The molecule has 7 nitrogen and oxygen atoms in total. The fourth-order valence-electron chi connectivity index (χ4n) is 2.81. The molecule has 0 aliphatic carbocycles. The summed E-state index contributed by atoms with van der Waals surface area (Å²) in [6.07, 6.45) is 4.01. The van der Waals surface area contributed by atoms with Gasteiger partial charge in [0, 0.05) is 11.2 Å². The van der Waals surface area contributed by atoms with Crippen LogP contribution < -0.4 is 16.0 Å². The Hall–Kier alpha value is -1.92. The molecule has 0 aliphatic heterocycles. The van der Waals surface area contributed by atoms with Crippen LogP contribution in [-0.4, -0.2) is 42.1 Å². The van der Waals surface area contributed by atoms with Crippen molar-refractivity contribution in [3.63, 3.8) is 0 Å². The highest BCUT2D eigenvalue weighted by Crippen LogP contribution is 2.09. The zero-order valence-corrected chi connectivity index (χ0v) is 17.6. The summed E-state index contributed by atoms with van der Waals surface area (Å²) in [7, 11) is 0. The molecule has 3 N–H and O–H groups in total. The maximum absolute atomic E-state index is 12.7. The molecule has 0 saturated heterocycles. The molecule has 0 aromatic rings. The lowest BCUT2D eigenvalue weighted by molar-refractivity contribution is -0.133. The molecule has 0 rings (SSSR count). The van der Waals surface area contributed by atoms with Crippen LogP contribution in [0.3, 0.4) is 0 Å². The summed E-state index contributed by atoms with van der Waals surface area (Å²) in [6.45, 7) is 11.2. The van der Waals surface area contributed by atoms with Crippen molar-refractivity contribution in [1.29, 1.82) is 0 Å². The first kappa shape index (κ1) is 25.1. The molecule has 7 heteroatoms. The zero-order valence-electron chi connectivity index (χ0n) is 17.6. The van der Waals surface area contributed by atoms with Gasteiger partial charge in [0.05, 0.1) is 6.04 Å². The molecule has 0 aromatic heterocycles. The molecule has 0 spiro atoms. The number of unbranched alkanes of at least 4 members (excludes halogenated alkanes) is 1. The third-order valence-corrected chi connectivity index (χ3v) is 4.10. The molecule has 3 amide bonds. The van der Waals surface area contributed by atoms with Crippen molar-refractivity contribution in [1.82, 2.24) is 16.0 Å². The monoisotopic (exact) mass is 389 g/mol. The Labute approximate surface area is 167 Å². The molecule has 0 saturated carbocycles. The normalized spacial score (nSPS) is 14.4. The first-order valence-electron chi connectivity index (χ1n) is 9.93. The fraction of sp³-hybridized carbons (Fsp3) is 0.800. The Morgan fingerprint density at radius 2 is 1.37 bits per heavy atom. The van der Waals surface area contributed by atoms with E-state index in [4.69, 9.17) is 0 Å². The van der Waals surface area contributed by atoms with E-state index in [0.29, 0.717) is 19.3 Å². The number of carbonyl (C=O) groups excluding carboxylic acids is 4. The van der Waals surface area contributed by atoms with Crippen molar-refractivity contribution < 1.29 is 23.5 Å². The molecule has 162 valence electrons. The standard InChI is InChI=1S/C20H37N3O4.3H2/c1-7-8-9-16(12-24)22-19(26)18(11-14(4)5)23-20(27)17(10-13(2)3)21-15(6)25;;;/h12-14,16-18H,7-11H2,1-6H3,(H,21,25)(H,22,26)(H,23,27);3*1H/t16?,17?,18-;;;/m0.../s1. The molecule has 27 heavy (non-hydrogen) atoms. The van der Waals surface area contributed by atoms with Crippen LogP contribution in [0.4, 0.5) is 0 Å². The molecule has 0 bridgehead atoms. The minimum absolute atomic E-state index is 0. The summed E-state index contributed by atoms with van der Waals surface area (Å²) in [4.78, 5) is 47.9. The molecule has 0 heterocycles. The highest BCUT2D eigenvalue weighted by Gasteiger charge is 2.28. The van der Waals surface area contributed by atoms with Crippen molar-refractivity contribution in [2.45, 2.75) is 91.8 Å². The third-order valence-electron chi connectivity index (χ3n) is 4.10. The van der Waals surface area contributed by atoms with Crippen LogP contribution in [0.25, 0.3) is 0 Å². The van der Waals surface area contributed by atoms with Crippen LogP contribution in [-0.2, 0) is 19.2 Å². The average molecular weight is 390 g/mol. The van der Waals surface area contributed by atoms with E-state index in [1.807, 2.05) is 34.6 Å². The van der Waals surface area contributed by atoms with Crippen molar-refractivity contribution in [2.24, 2.45) is 11.8 Å². The molecule has 0 radical (unpaired) electrons. The van der Waals surface area contributed by atoms with Crippen LogP contribution in [0, 0.1) is 11.8 Å². The van der Waals surface area contributed by atoms with E-state index in [0.717, 1.165) is 19.1 Å². The van der Waals surface area contributed by atoms with Crippen molar-refractivity contribution >= 4 is 24.0 Å². The van der Waals surface area contributed by atoms with E-state index in [1.165, 1.54) is 6.92 Å². The summed E-state index contributed by atoms with van der Waals surface area (Å²) in [5, 5.41) is 8.14. The summed E-state index contributed by atoms with van der Waals surface area (Å²) < 4.78 is 0. The van der Waals surface area contributed by atoms with E-state index in [-0.39, 0.29) is 33.8 Å². The number of hydrogen-bond donors (Lipinski definition) is 3. The van der Waals surface area contributed by atoms with Crippen molar-refractivity contribution in [2.75, 3.05) is 0 Å². The van der Waals surface area contributed by atoms with Crippen LogP contribution >= 0.6 is 0 Å². The quantitative estimate of drug-likeness (QED) is 0.421. The van der Waals surface area contributed by atoms with Gasteiger partial charge in [-0.05, 0) is 31.1 Å². The van der Waals surface area contributed by atoms with Gasteiger partial charge in [0.2, 0.25) is 17.7 Å². The Kier molecular flexibility index (Phi) is 12.3. The van der Waals surface area contributed by atoms with Gasteiger partial charge < -0.3 is 20.7 Å². The summed E-state index contributed by atoms with van der Waals surface area (Å²) in [5.41, 5.74) is 0. The highest BCUT2D eigenvalue weighted by atomic mass is 16.2. The molecular formula is C20H43N3O4. The lowest BCUT2D eigenvalue weighted by Gasteiger charge is -2.25. The average Bonchev–Trinajstić information content (AvgIpc) is 2.55. The van der Waals surface area contributed by atoms with E-state index >= 15 is 0 Å². The van der Waals surface area contributed by atoms with Gasteiger partial charge in [0.1, 0.15) is 18.4 Å². The molecule has 3 atom stereocenters. The van der Waals surface area contributed by atoms with E-state index < -0.39 is 18.1 Å². The second-order valence-corrected chi connectivity index (χ2v) is 7.97. The number of rotatable bonds is 13. The van der Waals surface area contributed by atoms with Gasteiger partial charge in [-0.3, -0.25) is 14.4 Å². The van der Waals surface area contributed by atoms with Crippen LogP contribution in [0.5, 0.6) is 0 Å². The number of aldehydes is 1. The second kappa shape index (κ2) is 13.3. The molecular weight excluding hydrogens is 346 g/mol. The maximum atomic E-state index is 12.7. The Morgan fingerprint density at radius 1 is 0.889 bits per heavy atom. The summed E-state index contributed by atoms with van der Waals surface area (Å²) in [5.74, 6) is -0.650. The molecule has 0 aliphatic rings. The largest absolute Gasteiger partial charge is 0.345 e. The number of carbonyl (C=O) groups is 4. The Bertz CT molecular complexity index is 506. The third kappa shape index (κ3) is 11.4. The molecule has 0 aromatic carbocycles. The second-order valence-electron chi connectivity index (χ2n) is 7.97. The van der Waals surface area contributed by atoms with Crippen LogP contribution in [0.15, 0.2) is 0 Å². The topological polar surface area (TPSA) is 104 Å². The van der Waals surface area contributed by atoms with E-state index in [1.54, 1.807) is 0 Å². The number of nitrogens with one attached hydrogen (secondary N) is 3. The van der Waals surface area contributed by atoms with Gasteiger partial charge in [0.15, 0.2) is 0 Å².